The van der Waals surface area contributed by atoms with E-state index >= 15 is 0 Å². The van der Waals surface area contributed by atoms with Crippen LogP contribution in [0.2, 0.25) is 0 Å². The van der Waals surface area contributed by atoms with Gasteiger partial charge < -0.3 is 18.9 Å². The molecule has 3 rings (SSSR count). The topological polar surface area (TPSA) is 36.9 Å². The Balaban J connectivity index is 1.69. The van der Waals surface area contributed by atoms with Gasteiger partial charge in [0.05, 0.1) is 25.1 Å². The van der Waals surface area contributed by atoms with E-state index in [2.05, 4.69) is 13.2 Å². The van der Waals surface area contributed by atoms with Crippen LogP contribution in [0.4, 0.5) is 0 Å². The Morgan fingerprint density at radius 2 is 1.95 bits per heavy atom. The molecule has 1 aromatic carbocycles. The summed E-state index contributed by atoms with van der Waals surface area (Å²) in [5, 5.41) is 0. The van der Waals surface area contributed by atoms with Crippen LogP contribution in [0, 0.1) is 0 Å². The van der Waals surface area contributed by atoms with Crippen LogP contribution in [0.25, 0.3) is 0 Å². The maximum absolute atomic E-state index is 6.09. The number of benzene rings is 1. The highest BCUT2D eigenvalue weighted by atomic mass is 16.7. The van der Waals surface area contributed by atoms with Crippen molar-refractivity contribution < 1.29 is 18.9 Å². The summed E-state index contributed by atoms with van der Waals surface area (Å²) < 4.78 is 23.6. The molecule has 4 heteroatoms. The molecule has 2 heterocycles. The van der Waals surface area contributed by atoms with E-state index in [-0.39, 0.29) is 30.7 Å². The summed E-state index contributed by atoms with van der Waals surface area (Å²) in [5.74, 6) is 0. The summed E-state index contributed by atoms with van der Waals surface area (Å²) in [7, 11) is 0. The molecule has 0 aliphatic carbocycles. The van der Waals surface area contributed by atoms with Gasteiger partial charge in [-0.2, -0.15) is 0 Å². The van der Waals surface area contributed by atoms with Crippen molar-refractivity contribution in [3.8, 4) is 0 Å². The number of ether oxygens (including phenoxy) is 4. The van der Waals surface area contributed by atoms with Gasteiger partial charge >= 0.3 is 0 Å². The molecular formula is C18H22O4. The van der Waals surface area contributed by atoms with Crippen molar-refractivity contribution in [3.05, 3.63) is 61.4 Å². The lowest BCUT2D eigenvalue weighted by atomic mass is 9.95. The Morgan fingerprint density at radius 3 is 2.68 bits per heavy atom. The summed E-state index contributed by atoms with van der Waals surface area (Å²) in [5.41, 5.74) is 1.02. The lowest BCUT2D eigenvalue weighted by molar-refractivity contribution is -0.301. The van der Waals surface area contributed by atoms with Gasteiger partial charge in [0.2, 0.25) is 0 Å². The first kappa shape index (κ1) is 15.3. The highest BCUT2D eigenvalue weighted by Gasteiger charge is 2.43. The minimum absolute atomic E-state index is 0.0303. The average molecular weight is 302 g/mol. The fourth-order valence-corrected chi connectivity index (χ4v) is 3.03. The molecule has 0 amide bonds. The fraction of sp³-hybridized carbons (Fsp3) is 0.444. The highest BCUT2D eigenvalue weighted by Crippen LogP contribution is 2.35. The van der Waals surface area contributed by atoms with Gasteiger partial charge in [0.25, 0.3) is 0 Å². The van der Waals surface area contributed by atoms with Crippen molar-refractivity contribution >= 4 is 0 Å². The molecule has 5 atom stereocenters. The first-order valence-electron chi connectivity index (χ1n) is 7.66. The van der Waals surface area contributed by atoms with Crippen LogP contribution in [-0.4, -0.2) is 31.0 Å². The largest absolute Gasteiger partial charge is 0.496 e. The van der Waals surface area contributed by atoms with Gasteiger partial charge in [-0.25, -0.2) is 0 Å². The van der Waals surface area contributed by atoms with Crippen LogP contribution in [0.3, 0.4) is 0 Å². The van der Waals surface area contributed by atoms with Crippen molar-refractivity contribution in [1.82, 2.24) is 0 Å². The molecule has 118 valence electrons. The Bertz CT molecular complexity index is 501. The van der Waals surface area contributed by atoms with Gasteiger partial charge in [-0.3, -0.25) is 0 Å². The maximum Gasteiger partial charge on any atom is 0.184 e. The second-order valence-corrected chi connectivity index (χ2v) is 5.56. The van der Waals surface area contributed by atoms with Gasteiger partial charge in [-0.1, -0.05) is 43.0 Å². The van der Waals surface area contributed by atoms with E-state index < -0.39 is 0 Å². The van der Waals surface area contributed by atoms with Gasteiger partial charge in [-0.05, 0) is 6.42 Å². The van der Waals surface area contributed by atoms with Gasteiger partial charge in [0, 0.05) is 12.0 Å². The zero-order valence-electron chi connectivity index (χ0n) is 12.6. The lowest BCUT2D eigenvalue weighted by Crippen LogP contribution is -2.53. The van der Waals surface area contributed by atoms with E-state index in [4.69, 9.17) is 18.9 Å². The first-order chi connectivity index (χ1) is 10.8. The van der Waals surface area contributed by atoms with E-state index in [1.54, 1.807) is 0 Å². The van der Waals surface area contributed by atoms with E-state index in [1.165, 1.54) is 6.26 Å². The van der Waals surface area contributed by atoms with E-state index in [0.29, 0.717) is 6.61 Å². The van der Waals surface area contributed by atoms with Crippen molar-refractivity contribution in [2.75, 3.05) is 6.61 Å². The third kappa shape index (κ3) is 3.24. The van der Waals surface area contributed by atoms with Crippen LogP contribution < -0.4 is 0 Å². The quantitative estimate of drug-likeness (QED) is 0.617. The van der Waals surface area contributed by atoms with Gasteiger partial charge in [0.1, 0.15) is 12.2 Å². The zero-order valence-corrected chi connectivity index (χ0v) is 12.6. The molecule has 4 nitrogen and oxygen atoms in total. The third-order valence-corrected chi connectivity index (χ3v) is 4.10. The molecule has 0 N–H and O–H groups in total. The molecule has 0 spiro atoms. The summed E-state index contributed by atoms with van der Waals surface area (Å²) in [6.45, 7) is 7.95. The molecule has 2 fully saturated rings. The Hall–Kier alpha value is -1.62. The van der Waals surface area contributed by atoms with Crippen molar-refractivity contribution in [3.63, 3.8) is 0 Å². The summed E-state index contributed by atoms with van der Waals surface area (Å²) in [6.07, 6.45) is 4.29. The van der Waals surface area contributed by atoms with E-state index in [0.717, 1.165) is 18.4 Å². The smallest absolute Gasteiger partial charge is 0.184 e. The summed E-state index contributed by atoms with van der Waals surface area (Å²) >= 11 is 0. The number of hydrogen-bond donors (Lipinski definition) is 0. The molecule has 0 unspecified atom stereocenters. The highest BCUT2D eigenvalue weighted by molar-refractivity contribution is 5.16. The fourth-order valence-electron chi connectivity index (χ4n) is 3.03. The number of fused-ring (bicyclic) bond motifs is 1. The monoisotopic (exact) mass is 302 g/mol. The molecule has 0 saturated carbocycles. The summed E-state index contributed by atoms with van der Waals surface area (Å²) in [4.78, 5) is 0. The molecule has 22 heavy (non-hydrogen) atoms. The molecule has 0 aromatic heterocycles. The first-order valence-corrected chi connectivity index (χ1v) is 7.66. The van der Waals surface area contributed by atoms with Gasteiger partial charge in [-0.15, -0.1) is 6.58 Å². The standard InChI is InChI=1S/C18H22O4/c1-3-8-14-15(19-4-2)11-16-17(21-14)12-20-18(22-16)13-9-6-5-7-10-13/h3-7,9-10,14-18H,1-2,8,11-12H2/t14-,15+,16-,17+,18+/m0/s1. The number of rotatable bonds is 5. The second-order valence-electron chi connectivity index (χ2n) is 5.56. The van der Waals surface area contributed by atoms with Crippen LogP contribution in [-0.2, 0) is 18.9 Å². The molecule has 2 saturated heterocycles. The second kappa shape index (κ2) is 7.09. The minimum atomic E-state index is -0.341. The molecule has 0 bridgehead atoms. The average Bonchev–Trinajstić information content (AvgIpc) is 2.56. The number of hydrogen-bond acceptors (Lipinski definition) is 4. The van der Waals surface area contributed by atoms with Crippen molar-refractivity contribution in [2.24, 2.45) is 0 Å². The molecule has 1 aromatic rings. The van der Waals surface area contributed by atoms with Crippen molar-refractivity contribution in [2.45, 2.75) is 43.5 Å². The SMILES string of the molecule is C=CC[C@@H]1O[C@@H]2CO[C@@H](c3ccccc3)O[C@H]2C[C@H]1OC=C. The van der Waals surface area contributed by atoms with E-state index in [9.17, 15) is 0 Å². The molecular weight excluding hydrogens is 280 g/mol. The third-order valence-electron chi connectivity index (χ3n) is 4.10. The lowest BCUT2D eigenvalue weighted by Gasteiger charge is -2.44. The van der Waals surface area contributed by atoms with Gasteiger partial charge in [0.15, 0.2) is 6.29 Å². The maximum atomic E-state index is 6.09. The van der Waals surface area contributed by atoms with Crippen LogP contribution in [0.1, 0.15) is 24.7 Å². The molecule has 2 aliphatic heterocycles. The van der Waals surface area contributed by atoms with Crippen molar-refractivity contribution in [1.29, 1.82) is 0 Å². The predicted molar refractivity (Wildman–Crippen MR) is 83.2 cm³/mol. The van der Waals surface area contributed by atoms with E-state index in [1.807, 2.05) is 36.4 Å². The molecule has 0 radical (unpaired) electrons. The summed E-state index contributed by atoms with van der Waals surface area (Å²) in [6, 6.07) is 9.96. The Labute approximate surface area is 131 Å². The normalized spacial score (nSPS) is 34.5. The van der Waals surface area contributed by atoms with Crippen LogP contribution in [0.5, 0.6) is 0 Å². The molecule has 2 aliphatic rings. The Kier molecular flexibility index (Phi) is 4.93. The Morgan fingerprint density at radius 1 is 1.14 bits per heavy atom. The zero-order chi connectivity index (χ0) is 15.4. The van der Waals surface area contributed by atoms with Crippen LogP contribution >= 0.6 is 0 Å². The minimum Gasteiger partial charge on any atom is -0.496 e. The van der Waals surface area contributed by atoms with Crippen LogP contribution in [0.15, 0.2) is 55.8 Å². The predicted octanol–water partition coefficient (Wildman–Crippen LogP) is 3.36.